The molecule has 5 nitrogen and oxygen atoms in total. The van der Waals surface area contributed by atoms with Crippen molar-refractivity contribution >= 4 is 21.4 Å². The summed E-state index contributed by atoms with van der Waals surface area (Å²) in [5, 5.41) is 5.14. The fourth-order valence-corrected chi connectivity index (χ4v) is 5.66. The number of sulfonamides is 1. The quantitative estimate of drug-likeness (QED) is 0.832. The van der Waals surface area contributed by atoms with E-state index >= 15 is 0 Å². The second-order valence-corrected chi connectivity index (χ2v) is 8.95. The van der Waals surface area contributed by atoms with Crippen LogP contribution in [0.25, 0.3) is 0 Å². The highest BCUT2D eigenvalue weighted by Crippen LogP contribution is 2.35. The molecule has 0 spiro atoms. The van der Waals surface area contributed by atoms with E-state index in [0.29, 0.717) is 10.9 Å². The lowest BCUT2D eigenvalue weighted by atomic mass is 9.96. The van der Waals surface area contributed by atoms with Crippen molar-refractivity contribution in [1.29, 1.82) is 0 Å². The topological polar surface area (TPSA) is 67.4 Å². The van der Waals surface area contributed by atoms with Gasteiger partial charge >= 0.3 is 0 Å². The van der Waals surface area contributed by atoms with Crippen LogP contribution in [0.15, 0.2) is 16.3 Å². The smallest absolute Gasteiger partial charge is 0.241 e. The Hall–Kier alpha value is -0.470. The maximum Gasteiger partial charge on any atom is 0.241 e. The maximum absolute atomic E-state index is 12.4. The molecule has 2 N–H and O–H groups in total. The van der Waals surface area contributed by atoms with Crippen molar-refractivity contribution in [3.8, 4) is 0 Å². The van der Waals surface area contributed by atoms with Crippen LogP contribution in [0.2, 0.25) is 0 Å². The predicted octanol–water partition coefficient (Wildman–Crippen LogP) is 1.60. The first-order chi connectivity index (χ1) is 10.1. The van der Waals surface area contributed by atoms with Gasteiger partial charge in [0, 0.05) is 22.8 Å². The molecular formula is C14H20N2O3S2. The largest absolute Gasteiger partial charge is 0.373 e. The van der Waals surface area contributed by atoms with Gasteiger partial charge in [-0.3, -0.25) is 0 Å². The van der Waals surface area contributed by atoms with Crippen LogP contribution < -0.4 is 10.0 Å². The molecule has 3 aliphatic rings. The van der Waals surface area contributed by atoms with E-state index in [-0.39, 0.29) is 18.2 Å². The maximum atomic E-state index is 12.4. The van der Waals surface area contributed by atoms with Crippen molar-refractivity contribution in [2.24, 2.45) is 0 Å². The molecule has 7 heteroatoms. The van der Waals surface area contributed by atoms with Crippen molar-refractivity contribution in [3.63, 3.8) is 0 Å². The Morgan fingerprint density at radius 2 is 2.14 bits per heavy atom. The van der Waals surface area contributed by atoms with Crippen molar-refractivity contribution in [1.82, 2.24) is 10.0 Å². The van der Waals surface area contributed by atoms with Crippen LogP contribution in [-0.2, 0) is 21.3 Å². The average molecular weight is 328 g/mol. The third kappa shape index (κ3) is 3.03. The van der Waals surface area contributed by atoms with Crippen LogP contribution in [0.4, 0.5) is 0 Å². The van der Waals surface area contributed by atoms with E-state index in [1.54, 1.807) is 11.4 Å². The number of hydrogen-bond donors (Lipinski definition) is 2. The Bertz CT molecular complexity index is 624. The molecule has 2 aliphatic heterocycles. The fraction of sp³-hybridized carbons (Fsp3) is 0.714. The molecule has 1 aromatic rings. The molecule has 0 aromatic carbocycles. The molecule has 1 aromatic heterocycles. The van der Waals surface area contributed by atoms with Gasteiger partial charge in [0.05, 0.1) is 23.1 Å². The average Bonchev–Trinajstić information content (AvgIpc) is 2.89. The third-order valence-electron chi connectivity index (χ3n) is 4.49. The third-order valence-corrected chi connectivity index (χ3v) is 7.05. The molecule has 3 fully saturated rings. The molecule has 3 heterocycles. The van der Waals surface area contributed by atoms with Gasteiger partial charge in [-0.1, -0.05) is 0 Å². The van der Waals surface area contributed by atoms with E-state index in [0.717, 1.165) is 30.7 Å². The predicted molar refractivity (Wildman–Crippen MR) is 80.8 cm³/mol. The van der Waals surface area contributed by atoms with Gasteiger partial charge in [-0.05, 0) is 38.2 Å². The number of ether oxygens (including phenoxy) is 1. The zero-order valence-electron chi connectivity index (χ0n) is 11.7. The summed E-state index contributed by atoms with van der Waals surface area (Å²) < 4.78 is 33.4. The number of rotatable bonds is 6. The lowest BCUT2D eigenvalue weighted by molar-refractivity contribution is 0.0996. The van der Waals surface area contributed by atoms with Crippen molar-refractivity contribution in [2.75, 3.05) is 0 Å². The van der Waals surface area contributed by atoms with Gasteiger partial charge < -0.3 is 10.1 Å². The number of hydrogen-bond acceptors (Lipinski definition) is 5. The molecule has 1 aliphatic carbocycles. The van der Waals surface area contributed by atoms with Crippen molar-refractivity contribution < 1.29 is 13.2 Å². The molecule has 116 valence electrons. The lowest BCUT2D eigenvalue weighted by Gasteiger charge is -2.19. The highest BCUT2D eigenvalue weighted by molar-refractivity contribution is 7.89. The van der Waals surface area contributed by atoms with E-state index in [4.69, 9.17) is 4.74 Å². The van der Waals surface area contributed by atoms with Gasteiger partial charge in [0.2, 0.25) is 10.0 Å². The van der Waals surface area contributed by atoms with E-state index in [2.05, 4.69) is 10.0 Å². The monoisotopic (exact) mass is 328 g/mol. The van der Waals surface area contributed by atoms with Crippen molar-refractivity contribution in [3.05, 3.63) is 16.3 Å². The molecule has 1 saturated carbocycles. The van der Waals surface area contributed by atoms with Crippen LogP contribution >= 0.6 is 11.3 Å². The standard InChI is InChI=1S/C14H20N2O3S2/c17-21(18,16-13-5-10-3-4-14(13)19-10)12-6-11(20-8-12)7-15-9-1-2-9/h6,8-10,13-16H,1-5,7H2. The summed E-state index contributed by atoms with van der Waals surface area (Å²) in [6.07, 6.45) is 5.65. The van der Waals surface area contributed by atoms with Gasteiger partial charge in [0.1, 0.15) is 0 Å². The number of fused-ring (bicyclic) bond motifs is 2. The zero-order valence-corrected chi connectivity index (χ0v) is 13.4. The molecule has 3 unspecified atom stereocenters. The summed E-state index contributed by atoms with van der Waals surface area (Å²) in [4.78, 5) is 1.47. The fourth-order valence-electron chi connectivity index (χ4n) is 3.16. The number of nitrogens with one attached hydrogen (secondary N) is 2. The second kappa shape index (κ2) is 5.31. The number of thiophene rings is 1. The molecule has 2 bridgehead atoms. The first-order valence-corrected chi connectivity index (χ1v) is 9.95. The molecular weight excluding hydrogens is 308 g/mol. The van der Waals surface area contributed by atoms with E-state index in [1.165, 1.54) is 24.2 Å². The van der Waals surface area contributed by atoms with Crippen molar-refractivity contribution in [2.45, 2.75) is 67.8 Å². The Kier molecular flexibility index (Phi) is 3.58. The summed E-state index contributed by atoms with van der Waals surface area (Å²) in [6, 6.07) is 2.37. The van der Waals surface area contributed by atoms with Gasteiger partial charge in [0.25, 0.3) is 0 Å². The van der Waals surface area contributed by atoms with E-state index < -0.39 is 10.0 Å². The summed E-state index contributed by atoms with van der Waals surface area (Å²) in [6.45, 7) is 0.766. The van der Waals surface area contributed by atoms with Crippen LogP contribution in [0, 0.1) is 0 Å². The summed E-state index contributed by atoms with van der Waals surface area (Å²) in [5.74, 6) is 0. The normalized spacial score (nSPS) is 31.9. The van der Waals surface area contributed by atoms with E-state index in [9.17, 15) is 8.42 Å². The molecule has 2 saturated heterocycles. The van der Waals surface area contributed by atoms with Crippen LogP contribution in [0.1, 0.15) is 37.0 Å². The Morgan fingerprint density at radius 3 is 2.81 bits per heavy atom. The molecule has 0 radical (unpaired) electrons. The Balaban J connectivity index is 1.41. The minimum Gasteiger partial charge on any atom is -0.373 e. The Labute approximate surface area is 129 Å². The first kappa shape index (κ1) is 14.1. The van der Waals surface area contributed by atoms with Gasteiger partial charge in [-0.15, -0.1) is 11.3 Å². The molecule has 0 amide bonds. The van der Waals surface area contributed by atoms with Crippen LogP contribution in [0.5, 0.6) is 0 Å². The molecule has 3 atom stereocenters. The highest BCUT2D eigenvalue weighted by atomic mass is 32.2. The van der Waals surface area contributed by atoms with Crippen LogP contribution in [-0.4, -0.2) is 32.7 Å². The highest BCUT2D eigenvalue weighted by Gasteiger charge is 2.42. The van der Waals surface area contributed by atoms with Crippen LogP contribution in [0.3, 0.4) is 0 Å². The van der Waals surface area contributed by atoms with Gasteiger partial charge in [-0.2, -0.15) is 0 Å². The minimum atomic E-state index is -3.42. The van der Waals surface area contributed by atoms with Gasteiger partial charge in [0.15, 0.2) is 0 Å². The summed E-state index contributed by atoms with van der Waals surface area (Å²) in [7, 11) is -3.42. The lowest BCUT2D eigenvalue weighted by Crippen LogP contribution is -2.41. The summed E-state index contributed by atoms with van der Waals surface area (Å²) in [5.41, 5.74) is 0. The molecule has 21 heavy (non-hydrogen) atoms. The zero-order chi connectivity index (χ0) is 14.4. The second-order valence-electron chi connectivity index (χ2n) is 6.24. The van der Waals surface area contributed by atoms with Gasteiger partial charge in [-0.25, -0.2) is 13.1 Å². The SMILES string of the molecule is O=S(=O)(NC1CC2CCC1O2)c1csc(CNC2CC2)c1. The van der Waals surface area contributed by atoms with E-state index in [1.807, 2.05) is 0 Å². The summed E-state index contributed by atoms with van der Waals surface area (Å²) >= 11 is 1.51. The Morgan fingerprint density at radius 1 is 1.29 bits per heavy atom. The first-order valence-electron chi connectivity index (χ1n) is 7.59. The minimum absolute atomic E-state index is 0.0540. The molecule has 4 rings (SSSR count).